The van der Waals surface area contributed by atoms with Gasteiger partial charge in [0.2, 0.25) is 0 Å². The Morgan fingerprint density at radius 3 is 2.41 bits per heavy atom. The molecule has 0 bridgehead atoms. The van der Waals surface area contributed by atoms with Crippen LogP contribution >= 0.6 is 11.6 Å². The molecule has 41 heavy (non-hydrogen) atoms. The summed E-state index contributed by atoms with van der Waals surface area (Å²) < 4.78 is 39.5. The molecule has 1 fully saturated rings. The number of aromatic nitrogens is 4. The van der Waals surface area contributed by atoms with Gasteiger partial charge in [0.25, 0.3) is 5.56 Å². The predicted molar refractivity (Wildman–Crippen MR) is 153 cm³/mol. The number of hydrogen-bond donors (Lipinski definition) is 0. The third-order valence-corrected chi connectivity index (χ3v) is 7.99. The number of benzene rings is 3. The average Bonchev–Trinajstić information content (AvgIpc) is 3.62. The maximum Gasteiger partial charge on any atom is 0.352 e. The number of halogens is 3. The second-order valence-electron chi connectivity index (χ2n) is 10.5. The predicted octanol–water partition coefficient (Wildman–Crippen LogP) is 6.06. The first-order chi connectivity index (χ1) is 19.7. The third-order valence-electron chi connectivity index (χ3n) is 7.68. The molecule has 1 aliphatic carbocycles. The van der Waals surface area contributed by atoms with E-state index in [2.05, 4.69) is 5.10 Å². The summed E-state index contributed by atoms with van der Waals surface area (Å²) >= 11 is 6.48. The van der Waals surface area contributed by atoms with Gasteiger partial charge >= 0.3 is 5.69 Å². The Morgan fingerprint density at radius 2 is 1.73 bits per heavy atom. The highest BCUT2D eigenvalue weighted by molar-refractivity contribution is 6.32. The summed E-state index contributed by atoms with van der Waals surface area (Å²) in [6.07, 6.45) is 1.51. The molecule has 0 N–H and O–H groups in total. The van der Waals surface area contributed by atoms with E-state index >= 15 is 4.39 Å². The van der Waals surface area contributed by atoms with E-state index in [-0.39, 0.29) is 28.5 Å². The number of hydrogen-bond acceptors (Lipinski definition) is 4. The molecule has 0 radical (unpaired) electrons. The first-order valence-electron chi connectivity index (χ1n) is 13.4. The smallest absolute Gasteiger partial charge is 0.352 e. The molecule has 210 valence electrons. The van der Waals surface area contributed by atoms with Crippen molar-refractivity contribution in [1.82, 2.24) is 18.9 Å². The normalized spacial score (nSPS) is 14.1. The monoisotopic (exact) mass is 576 g/mol. The van der Waals surface area contributed by atoms with Crippen LogP contribution in [-0.4, -0.2) is 18.9 Å². The number of para-hydroxylation sites is 1. The zero-order chi connectivity index (χ0) is 28.9. The van der Waals surface area contributed by atoms with Gasteiger partial charge in [-0.25, -0.2) is 13.6 Å². The van der Waals surface area contributed by atoms with E-state index in [1.54, 1.807) is 6.92 Å². The number of pyridine rings is 1. The fraction of sp³-hybridized carbons (Fsp3) is 0.258. The molecule has 0 amide bonds. The quantitative estimate of drug-likeness (QED) is 0.225. The molecule has 0 aliphatic heterocycles. The van der Waals surface area contributed by atoms with Crippen LogP contribution in [0.4, 0.5) is 8.78 Å². The molecule has 0 saturated heterocycles. The first kappa shape index (κ1) is 27.1. The minimum absolute atomic E-state index is 0.0288. The zero-order valence-corrected chi connectivity index (χ0v) is 23.3. The largest absolute Gasteiger partial charge is 0.369 e. The van der Waals surface area contributed by atoms with Crippen LogP contribution in [0.15, 0.2) is 76.3 Å². The Balaban J connectivity index is 1.64. The third kappa shape index (κ3) is 4.69. The molecule has 0 spiro atoms. The summed E-state index contributed by atoms with van der Waals surface area (Å²) in [5, 5.41) is 5.14. The molecule has 2 aromatic heterocycles. The van der Waals surface area contributed by atoms with Gasteiger partial charge in [-0.05, 0) is 60.4 Å². The second-order valence-corrected chi connectivity index (χ2v) is 10.9. The van der Waals surface area contributed by atoms with Crippen LogP contribution in [0.2, 0.25) is 5.02 Å². The molecule has 7 nitrogen and oxygen atoms in total. The molecule has 1 saturated carbocycles. The molecule has 0 unspecified atom stereocenters. The Labute approximate surface area is 239 Å². The van der Waals surface area contributed by atoms with Crippen LogP contribution in [0.5, 0.6) is 0 Å². The van der Waals surface area contributed by atoms with Crippen molar-refractivity contribution >= 4 is 22.4 Å². The lowest BCUT2D eigenvalue weighted by Crippen LogP contribution is -2.33. The molecule has 6 rings (SSSR count). The first-order valence-corrected chi connectivity index (χ1v) is 13.7. The van der Waals surface area contributed by atoms with Gasteiger partial charge < -0.3 is 4.74 Å². The van der Waals surface area contributed by atoms with Crippen molar-refractivity contribution in [2.75, 3.05) is 0 Å². The van der Waals surface area contributed by atoms with Crippen molar-refractivity contribution in [3.63, 3.8) is 0 Å². The SMILES string of the molecule is CCn1c(COCc2ccccc2)nn(-c2c(C3(C)CC3)c3ccc(F)cc3c(=O)n2-c2c(F)cccc2Cl)c1=O. The minimum Gasteiger partial charge on any atom is -0.369 e. The van der Waals surface area contributed by atoms with Gasteiger partial charge in [-0.15, -0.1) is 5.10 Å². The van der Waals surface area contributed by atoms with Crippen molar-refractivity contribution in [3.8, 4) is 11.5 Å². The van der Waals surface area contributed by atoms with Gasteiger partial charge in [-0.2, -0.15) is 4.68 Å². The van der Waals surface area contributed by atoms with Gasteiger partial charge in [0.05, 0.1) is 17.0 Å². The number of rotatable bonds is 8. The summed E-state index contributed by atoms with van der Waals surface area (Å²) in [5.74, 6) is -0.940. The van der Waals surface area contributed by atoms with Crippen molar-refractivity contribution in [3.05, 3.63) is 121 Å². The summed E-state index contributed by atoms with van der Waals surface area (Å²) in [5.41, 5.74) is -0.353. The number of ether oxygens (including phenoxy) is 1. The maximum atomic E-state index is 15.5. The summed E-state index contributed by atoms with van der Waals surface area (Å²) in [6.45, 7) is 4.44. The van der Waals surface area contributed by atoms with Crippen molar-refractivity contribution in [2.45, 2.75) is 51.9 Å². The zero-order valence-electron chi connectivity index (χ0n) is 22.5. The Bertz CT molecular complexity index is 1890. The minimum atomic E-state index is -0.766. The van der Waals surface area contributed by atoms with Crippen LogP contribution in [-0.2, 0) is 29.9 Å². The lowest BCUT2D eigenvalue weighted by atomic mass is 9.92. The van der Waals surface area contributed by atoms with E-state index in [1.807, 2.05) is 37.3 Å². The van der Waals surface area contributed by atoms with E-state index in [0.29, 0.717) is 29.9 Å². The Morgan fingerprint density at radius 1 is 0.976 bits per heavy atom. The fourth-order valence-electron chi connectivity index (χ4n) is 5.34. The van der Waals surface area contributed by atoms with Gasteiger partial charge in [0.15, 0.2) is 11.6 Å². The maximum absolute atomic E-state index is 15.5. The van der Waals surface area contributed by atoms with Crippen LogP contribution in [0.25, 0.3) is 22.3 Å². The van der Waals surface area contributed by atoms with E-state index in [4.69, 9.17) is 16.3 Å². The van der Waals surface area contributed by atoms with E-state index < -0.39 is 28.3 Å². The summed E-state index contributed by atoms with van der Waals surface area (Å²) in [6, 6.07) is 17.6. The van der Waals surface area contributed by atoms with Gasteiger partial charge in [0.1, 0.15) is 23.9 Å². The lowest BCUT2D eigenvalue weighted by Gasteiger charge is -2.23. The molecule has 10 heteroatoms. The fourth-order valence-corrected chi connectivity index (χ4v) is 5.58. The van der Waals surface area contributed by atoms with Crippen LogP contribution in [0.1, 0.15) is 43.6 Å². The number of nitrogens with zero attached hydrogens (tertiary/aromatic N) is 4. The molecule has 3 aromatic carbocycles. The number of fused-ring (bicyclic) bond motifs is 1. The summed E-state index contributed by atoms with van der Waals surface area (Å²) in [7, 11) is 0. The molecule has 5 aromatic rings. The van der Waals surface area contributed by atoms with Crippen LogP contribution in [0, 0.1) is 11.6 Å². The second kappa shape index (κ2) is 10.4. The average molecular weight is 577 g/mol. The van der Waals surface area contributed by atoms with Gasteiger partial charge in [-0.1, -0.05) is 61.0 Å². The van der Waals surface area contributed by atoms with Crippen LogP contribution < -0.4 is 11.2 Å². The highest BCUT2D eigenvalue weighted by atomic mass is 35.5. The highest BCUT2D eigenvalue weighted by Gasteiger charge is 2.45. The highest BCUT2D eigenvalue weighted by Crippen LogP contribution is 2.52. The molecule has 2 heterocycles. The lowest BCUT2D eigenvalue weighted by molar-refractivity contribution is 0.0989. The van der Waals surface area contributed by atoms with E-state index in [1.165, 1.54) is 34.9 Å². The van der Waals surface area contributed by atoms with Gasteiger partial charge in [-0.3, -0.25) is 13.9 Å². The van der Waals surface area contributed by atoms with Crippen molar-refractivity contribution in [2.24, 2.45) is 0 Å². The van der Waals surface area contributed by atoms with Crippen molar-refractivity contribution in [1.29, 1.82) is 0 Å². The molecule has 1 aliphatic rings. The molecular formula is C31H27ClF2N4O3. The molecule has 0 atom stereocenters. The topological polar surface area (TPSA) is 71.0 Å². The standard InChI is InChI=1S/C31H27ClF2N4O3/c1-3-36-25(18-41-17-19-8-5-4-6-9-19)35-38(30(36)40)28-26(31(2)14-15-31)21-13-12-20(33)16-22(21)29(39)37(28)27-23(32)10-7-11-24(27)34/h4-13,16H,3,14-15,17-18H2,1-2H3. The van der Waals surface area contributed by atoms with E-state index in [9.17, 15) is 14.0 Å². The van der Waals surface area contributed by atoms with Crippen molar-refractivity contribution < 1.29 is 13.5 Å². The Kier molecular flexibility index (Phi) is 6.87. The van der Waals surface area contributed by atoms with Crippen LogP contribution in [0.3, 0.4) is 0 Å². The Hall–Kier alpha value is -4.08. The summed E-state index contributed by atoms with van der Waals surface area (Å²) in [4.78, 5) is 28.0. The molecular weight excluding hydrogens is 550 g/mol. The van der Waals surface area contributed by atoms with Gasteiger partial charge in [0, 0.05) is 12.1 Å². The van der Waals surface area contributed by atoms with E-state index in [0.717, 1.165) is 33.7 Å².